The van der Waals surface area contributed by atoms with Crippen molar-refractivity contribution < 1.29 is 9.53 Å². The van der Waals surface area contributed by atoms with Gasteiger partial charge >= 0.3 is 0 Å². The zero-order chi connectivity index (χ0) is 16.2. The maximum absolute atomic E-state index is 12.6. The van der Waals surface area contributed by atoms with Crippen molar-refractivity contribution in [1.29, 1.82) is 0 Å². The lowest BCUT2D eigenvalue weighted by Crippen LogP contribution is -2.41. The number of carbonyl (C=O) groups excluding carboxylic acids is 1. The molecule has 1 aliphatic rings. The molecule has 1 atom stereocenters. The van der Waals surface area contributed by atoms with E-state index in [0.29, 0.717) is 18.8 Å². The van der Waals surface area contributed by atoms with Gasteiger partial charge in [0, 0.05) is 44.5 Å². The molecule has 0 saturated carbocycles. The number of hydrogen-bond acceptors (Lipinski definition) is 5. The normalized spacial score (nSPS) is 18.2. The third kappa shape index (κ3) is 3.24. The fourth-order valence-electron chi connectivity index (χ4n) is 3.15. The van der Waals surface area contributed by atoms with Crippen molar-refractivity contribution in [2.75, 3.05) is 20.2 Å². The van der Waals surface area contributed by atoms with Crippen molar-refractivity contribution in [1.82, 2.24) is 24.4 Å². The van der Waals surface area contributed by atoms with Gasteiger partial charge in [-0.05, 0) is 19.8 Å². The second-order valence-electron chi connectivity index (χ2n) is 5.76. The molecule has 0 aliphatic carbocycles. The molecule has 3 heterocycles. The van der Waals surface area contributed by atoms with Crippen LogP contribution in [0.15, 0.2) is 24.8 Å². The number of imidazole rings is 1. The Kier molecular flexibility index (Phi) is 4.66. The van der Waals surface area contributed by atoms with E-state index in [2.05, 4.69) is 19.5 Å². The molecule has 1 fully saturated rings. The number of nitrogens with zero attached hydrogens (tertiary/aromatic N) is 5. The van der Waals surface area contributed by atoms with E-state index in [4.69, 9.17) is 4.74 Å². The van der Waals surface area contributed by atoms with Gasteiger partial charge in [0.25, 0.3) is 5.91 Å². The molecule has 0 N–H and O–H groups in total. The van der Waals surface area contributed by atoms with Crippen molar-refractivity contribution in [3.8, 4) is 0 Å². The lowest BCUT2D eigenvalue weighted by Gasteiger charge is -2.34. The molecule has 0 aromatic carbocycles. The molecular weight excluding hydrogens is 294 g/mol. The largest absolute Gasteiger partial charge is 0.377 e. The third-order valence-electron chi connectivity index (χ3n) is 4.16. The van der Waals surface area contributed by atoms with Crippen LogP contribution in [0.1, 0.15) is 40.9 Å². The summed E-state index contributed by atoms with van der Waals surface area (Å²) in [5.41, 5.74) is 1.49. The van der Waals surface area contributed by atoms with Gasteiger partial charge in [-0.1, -0.05) is 0 Å². The van der Waals surface area contributed by atoms with Gasteiger partial charge in [-0.15, -0.1) is 0 Å². The molecule has 1 aliphatic heterocycles. The number of amides is 1. The van der Waals surface area contributed by atoms with Gasteiger partial charge in [-0.25, -0.2) is 9.97 Å². The predicted molar refractivity (Wildman–Crippen MR) is 83.9 cm³/mol. The lowest BCUT2D eigenvalue weighted by atomic mass is 10.0. The van der Waals surface area contributed by atoms with Crippen LogP contribution in [0.3, 0.4) is 0 Å². The Morgan fingerprint density at radius 3 is 2.96 bits per heavy atom. The summed E-state index contributed by atoms with van der Waals surface area (Å²) in [5.74, 6) is 0.845. The van der Waals surface area contributed by atoms with Crippen LogP contribution >= 0.6 is 0 Å². The van der Waals surface area contributed by atoms with E-state index < -0.39 is 0 Å². The minimum Gasteiger partial charge on any atom is -0.377 e. The topological polar surface area (TPSA) is 73.1 Å². The molecule has 2 aromatic heterocycles. The number of aromatic nitrogens is 4. The van der Waals surface area contributed by atoms with E-state index in [1.165, 1.54) is 6.20 Å². The van der Waals surface area contributed by atoms with Gasteiger partial charge in [-0.3, -0.25) is 9.78 Å². The smallest absolute Gasteiger partial charge is 0.274 e. The highest BCUT2D eigenvalue weighted by Crippen LogP contribution is 2.25. The van der Waals surface area contributed by atoms with Crippen LogP contribution in [0.4, 0.5) is 0 Å². The molecule has 1 saturated heterocycles. The monoisotopic (exact) mass is 315 g/mol. The summed E-state index contributed by atoms with van der Waals surface area (Å²) < 4.78 is 7.43. The van der Waals surface area contributed by atoms with Gasteiger partial charge in [-0.2, -0.15) is 0 Å². The second-order valence-corrected chi connectivity index (χ2v) is 5.76. The van der Waals surface area contributed by atoms with E-state index in [0.717, 1.165) is 30.9 Å². The molecule has 1 unspecified atom stereocenters. The number of piperidine rings is 1. The second kappa shape index (κ2) is 6.87. The Hall–Kier alpha value is -2.28. The van der Waals surface area contributed by atoms with Crippen LogP contribution in [-0.4, -0.2) is 50.5 Å². The van der Waals surface area contributed by atoms with E-state index in [9.17, 15) is 4.79 Å². The molecule has 7 heteroatoms. The number of methoxy groups -OCH3 is 1. The summed E-state index contributed by atoms with van der Waals surface area (Å²) in [4.78, 5) is 27.0. The van der Waals surface area contributed by atoms with Crippen molar-refractivity contribution in [3.63, 3.8) is 0 Å². The highest BCUT2D eigenvalue weighted by Gasteiger charge is 2.28. The Bertz CT molecular complexity index is 670. The number of carbonyl (C=O) groups is 1. The van der Waals surface area contributed by atoms with Gasteiger partial charge < -0.3 is 14.2 Å². The van der Waals surface area contributed by atoms with E-state index in [1.807, 2.05) is 18.0 Å². The molecule has 0 spiro atoms. The summed E-state index contributed by atoms with van der Waals surface area (Å²) in [6, 6.07) is 0.219. The van der Waals surface area contributed by atoms with Gasteiger partial charge in [0.1, 0.15) is 18.1 Å². The molecule has 3 rings (SSSR count). The van der Waals surface area contributed by atoms with Gasteiger partial charge in [0.15, 0.2) is 0 Å². The molecule has 1 amide bonds. The first-order valence-electron chi connectivity index (χ1n) is 7.77. The van der Waals surface area contributed by atoms with Crippen LogP contribution in [0, 0.1) is 6.92 Å². The predicted octanol–water partition coefficient (Wildman–Crippen LogP) is 1.61. The minimum atomic E-state index is -0.0612. The Morgan fingerprint density at radius 1 is 1.35 bits per heavy atom. The highest BCUT2D eigenvalue weighted by atomic mass is 16.5. The first kappa shape index (κ1) is 15.6. The van der Waals surface area contributed by atoms with E-state index in [1.54, 1.807) is 19.5 Å². The first-order chi connectivity index (χ1) is 11.2. The number of likely N-dealkylation sites (tertiary alicyclic amines) is 1. The number of hydrogen-bond donors (Lipinski definition) is 0. The number of ether oxygens (including phenoxy) is 1. The minimum absolute atomic E-state index is 0.0612. The van der Waals surface area contributed by atoms with Crippen LogP contribution in [-0.2, 0) is 11.3 Å². The average molecular weight is 315 g/mol. The Labute approximate surface area is 135 Å². The maximum atomic E-state index is 12.6. The summed E-state index contributed by atoms with van der Waals surface area (Å²) in [7, 11) is 1.67. The molecule has 7 nitrogen and oxygen atoms in total. The molecule has 122 valence electrons. The van der Waals surface area contributed by atoms with Crippen molar-refractivity contribution in [3.05, 3.63) is 42.0 Å². The standard InChI is InChI=1S/C16H21N5O2/c1-12-8-19-15(11-23-2)21(12)13-4-3-7-20(10-13)16(22)14-9-17-5-6-18-14/h5-6,8-9,13H,3-4,7,10-11H2,1-2H3. The average Bonchev–Trinajstić information content (AvgIpc) is 2.96. The highest BCUT2D eigenvalue weighted by molar-refractivity contribution is 5.92. The van der Waals surface area contributed by atoms with Gasteiger partial charge in [0.2, 0.25) is 0 Å². The number of aryl methyl sites for hydroxylation is 1. The zero-order valence-electron chi connectivity index (χ0n) is 13.5. The quantitative estimate of drug-likeness (QED) is 0.857. The molecular formula is C16H21N5O2. The van der Waals surface area contributed by atoms with Crippen LogP contribution in [0.5, 0.6) is 0 Å². The Balaban J connectivity index is 1.79. The summed E-state index contributed by atoms with van der Waals surface area (Å²) in [5, 5.41) is 0. The number of rotatable bonds is 4. The lowest BCUT2D eigenvalue weighted by molar-refractivity contribution is 0.0666. The first-order valence-corrected chi connectivity index (χ1v) is 7.77. The third-order valence-corrected chi connectivity index (χ3v) is 4.16. The summed E-state index contributed by atoms with van der Waals surface area (Å²) >= 11 is 0. The molecule has 2 aromatic rings. The fraction of sp³-hybridized carbons (Fsp3) is 0.500. The van der Waals surface area contributed by atoms with Crippen molar-refractivity contribution in [2.24, 2.45) is 0 Å². The summed E-state index contributed by atoms with van der Waals surface area (Å²) in [6.07, 6.45) is 8.48. The SMILES string of the molecule is COCc1ncc(C)n1C1CCCN(C(=O)c2cnccn2)C1. The maximum Gasteiger partial charge on any atom is 0.274 e. The van der Waals surface area contributed by atoms with Crippen LogP contribution < -0.4 is 0 Å². The molecule has 23 heavy (non-hydrogen) atoms. The summed E-state index contributed by atoms with van der Waals surface area (Å²) in [6.45, 7) is 3.92. The van der Waals surface area contributed by atoms with Gasteiger partial charge in [0.05, 0.1) is 12.2 Å². The Morgan fingerprint density at radius 2 is 2.22 bits per heavy atom. The van der Waals surface area contributed by atoms with Crippen molar-refractivity contribution >= 4 is 5.91 Å². The molecule has 0 bridgehead atoms. The fourth-order valence-corrected chi connectivity index (χ4v) is 3.15. The zero-order valence-corrected chi connectivity index (χ0v) is 13.5. The van der Waals surface area contributed by atoms with Crippen LogP contribution in [0.25, 0.3) is 0 Å². The van der Waals surface area contributed by atoms with E-state index >= 15 is 0 Å². The van der Waals surface area contributed by atoms with Crippen molar-refractivity contribution in [2.45, 2.75) is 32.4 Å². The van der Waals surface area contributed by atoms with E-state index in [-0.39, 0.29) is 11.9 Å². The van der Waals surface area contributed by atoms with Crippen LogP contribution in [0.2, 0.25) is 0 Å². The molecule has 0 radical (unpaired) electrons.